The molecule has 0 spiro atoms. The fourth-order valence-electron chi connectivity index (χ4n) is 1.29. The SMILES string of the molecule is CCC(C)(CCO)Nc1nc(Cl)ncc1F. The van der Waals surface area contributed by atoms with Crippen molar-refractivity contribution in [1.82, 2.24) is 9.97 Å². The molecule has 0 aliphatic carbocycles. The Hall–Kier alpha value is -0.940. The van der Waals surface area contributed by atoms with Crippen LogP contribution in [-0.4, -0.2) is 27.2 Å². The predicted molar refractivity (Wildman–Crippen MR) is 61.0 cm³/mol. The molecule has 1 rings (SSSR count). The maximum atomic E-state index is 13.4. The van der Waals surface area contributed by atoms with E-state index in [9.17, 15) is 4.39 Å². The Balaban J connectivity index is 2.89. The van der Waals surface area contributed by atoms with E-state index in [1.54, 1.807) is 0 Å². The fourth-order valence-corrected chi connectivity index (χ4v) is 1.43. The Labute approximate surface area is 98.9 Å². The normalized spacial score (nSPS) is 14.6. The highest BCUT2D eigenvalue weighted by Gasteiger charge is 2.23. The van der Waals surface area contributed by atoms with Crippen molar-refractivity contribution in [1.29, 1.82) is 0 Å². The van der Waals surface area contributed by atoms with Crippen LogP contribution in [0.15, 0.2) is 6.20 Å². The molecule has 1 unspecified atom stereocenters. The summed E-state index contributed by atoms with van der Waals surface area (Å²) in [6, 6.07) is 0. The van der Waals surface area contributed by atoms with Gasteiger partial charge in [0.1, 0.15) is 0 Å². The van der Waals surface area contributed by atoms with Gasteiger partial charge in [0.25, 0.3) is 0 Å². The summed E-state index contributed by atoms with van der Waals surface area (Å²) in [6.07, 6.45) is 2.26. The molecule has 1 heterocycles. The topological polar surface area (TPSA) is 58.0 Å². The molecule has 0 saturated carbocycles. The summed E-state index contributed by atoms with van der Waals surface area (Å²) in [5.74, 6) is -0.486. The van der Waals surface area contributed by atoms with Gasteiger partial charge in [-0.05, 0) is 31.4 Å². The van der Waals surface area contributed by atoms with E-state index in [4.69, 9.17) is 16.7 Å². The van der Waals surface area contributed by atoms with E-state index in [1.807, 2.05) is 13.8 Å². The van der Waals surface area contributed by atoms with Gasteiger partial charge >= 0.3 is 0 Å². The van der Waals surface area contributed by atoms with Crippen LogP contribution in [0.2, 0.25) is 5.28 Å². The van der Waals surface area contributed by atoms with E-state index in [0.29, 0.717) is 6.42 Å². The second kappa shape index (κ2) is 5.41. The monoisotopic (exact) mass is 247 g/mol. The molecule has 0 saturated heterocycles. The van der Waals surface area contributed by atoms with Crippen LogP contribution in [0, 0.1) is 5.82 Å². The lowest BCUT2D eigenvalue weighted by molar-refractivity contribution is 0.251. The first-order chi connectivity index (χ1) is 7.50. The van der Waals surface area contributed by atoms with Crippen LogP contribution in [0.3, 0.4) is 0 Å². The number of aliphatic hydroxyl groups is 1. The molecule has 2 N–H and O–H groups in total. The number of aromatic nitrogens is 2. The summed E-state index contributed by atoms with van der Waals surface area (Å²) in [6.45, 7) is 3.86. The van der Waals surface area contributed by atoms with E-state index in [2.05, 4.69) is 15.3 Å². The molecule has 0 aliphatic rings. The Morgan fingerprint density at radius 3 is 2.88 bits per heavy atom. The first-order valence-corrected chi connectivity index (χ1v) is 5.45. The fraction of sp³-hybridized carbons (Fsp3) is 0.600. The standard InChI is InChI=1S/C10H15ClFN3O/c1-3-10(2,4-5-16)15-8-7(12)6-13-9(11)14-8/h6,16H,3-5H2,1-2H3,(H,13,14,15). The number of hydrogen-bond donors (Lipinski definition) is 2. The summed E-state index contributed by atoms with van der Waals surface area (Å²) in [5, 5.41) is 11.9. The summed E-state index contributed by atoms with van der Waals surface area (Å²) >= 11 is 5.59. The van der Waals surface area contributed by atoms with E-state index < -0.39 is 11.4 Å². The number of halogens is 2. The van der Waals surface area contributed by atoms with Crippen LogP contribution in [-0.2, 0) is 0 Å². The molecule has 0 bridgehead atoms. The molecule has 1 atom stereocenters. The molecule has 4 nitrogen and oxygen atoms in total. The third kappa shape index (κ3) is 3.28. The van der Waals surface area contributed by atoms with Gasteiger partial charge in [0, 0.05) is 12.1 Å². The van der Waals surface area contributed by atoms with Crippen molar-refractivity contribution in [3.05, 3.63) is 17.3 Å². The number of nitrogens with one attached hydrogen (secondary N) is 1. The summed E-state index contributed by atoms with van der Waals surface area (Å²) in [4.78, 5) is 7.31. The van der Waals surface area contributed by atoms with Crippen molar-refractivity contribution < 1.29 is 9.50 Å². The van der Waals surface area contributed by atoms with E-state index in [1.165, 1.54) is 0 Å². The van der Waals surface area contributed by atoms with Gasteiger partial charge in [0.2, 0.25) is 5.28 Å². The highest BCUT2D eigenvalue weighted by molar-refractivity contribution is 6.28. The highest BCUT2D eigenvalue weighted by Crippen LogP contribution is 2.22. The summed E-state index contributed by atoms with van der Waals surface area (Å²) in [5.41, 5.74) is -0.409. The van der Waals surface area contributed by atoms with Gasteiger partial charge in [0.05, 0.1) is 6.20 Å². The maximum Gasteiger partial charge on any atom is 0.224 e. The van der Waals surface area contributed by atoms with Crippen LogP contribution in [0.4, 0.5) is 10.2 Å². The number of rotatable bonds is 5. The number of hydrogen-bond acceptors (Lipinski definition) is 4. The molecule has 16 heavy (non-hydrogen) atoms. The zero-order chi connectivity index (χ0) is 12.2. The molecule has 0 fully saturated rings. The summed E-state index contributed by atoms with van der Waals surface area (Å²) < 4.78 is 13.4. The minimum Gasteiger partial charge on any atom is -0.396 e. The van der Waals surface area contributed by atoms with Crippen molar-refractivity contribution in [3.8, 4) is 0 Å². The Morgan fingerprint density at radius 1 is 1.62 bits per heavy atom. The van der Waals surface area contributed by atoms with E-state index in [-0.39, 0.29) is 17.7 Å². The van der Waals surface area contributed by atoms with Crippen LogP contribution < -0.4 is 5.32 Å². The van der Waals surface area contributed by atoms with E-state index >= 15 is 0 Å². The van der Waals surface area contributed by atoms with Crippen molar-refractivity contribution in [2.45, 2.75) is 32.2 Å². The van der Waals surface area contributed by atoms with Crippen LogP contribution in [0.25, 0.3) is 0 Å². The molecule has 1 aromatic rings. The molecular weight excluding hydrogens is 233 g/mol. The van der Waals surface area contributed by atoms with Crippen molar-refractivity contribution in [2.75, 3.05) is 11.9 Å². The zero-order valence-corrected chi connectivity index (χ0v) is 10.1. The molecule has 0 aromatic carbocycles. The molecular formula is C10H15ClFN3O. The van der Waals surface area contributed by atoms with Gasteiger partial charge in [0.15, 0.2) is 11.6 Å². The van der Waals surface area contributed by atoms with Crippen LogP contribution in [0.1, 0.15) is 26.7 Å². The minimum atomic E-state index is -0.554. The largest absolute Gasteiger partial charge is 0.396 e. The highest BCUT2D eigenvalue weighted by atomic mass is 35.5. The predicted octanol–water partition coefficient (Wildman–Crippen LogP) is 2.23. The molecule has 0 amide bonds. The lowest BCUT2D eigenvalue weighted by Crippen LogP contribution is -2.35. The molecule has 6 heteroatoms. The average Bonchev–Trinajstić information content (AvgIpc) is 2.24. The minimum absolute atomic E-state index is 0.00801. The smallest absolute Gasteiger partial charge is 0.224 e. The lowest BCUT2D eigenvalue weighted by atomic mass is 9.95. The second-order valence-corrected chi connectivity index (χ2v) is 4.19. The van der Waals surface area contributed by atoms with Gasteiger partial charge in [-0.3, -0.25) is 0 Å². The van der Waals surface area contributed by atoms with Gasteiger partial charge < -0.3 is 10.4 Å². The molecule has 0 radical (unpaired) electrons. The maximum absolute atomic E-state index is 13.4. The second-order valence-electron chi connectivity index (χ2n) is 3.85. The molecule has 90 valence electrons. The first kappa shape index (κ1) is 13.1. The van der Waals surface area contributed by atoms with Crippen molar-refractivity contribution in [3.63, 3.8) is 0 Å². The van der Waals surface area contributed by atoms with Crippen LogP contribution >= 0.6 is 11.6 Å². The Bertz CT molecular complexity index is 364. The van der Waals surface area contributed by atoms with Crippen molar-refractivity contribution >= 4 is 17.4 Å². The third-order valence-corrected chi connectivity index (χ3v) is 2.76. The van der Waals surface area contributed by atoms with Gasteiger partial charge in [-0.1, -0.05) is 6.92 Å². The zero-order valence-electron chi connectivity index (χ0n) is 9.30. The Morgan fingerprint density at radius 2 is 2.31 bits per heavy atom. The lowest BCUT2D eigenvalue weighted by Gasteiger charge is -2.29. The third-order valence-electron chi connectivity index (χ3n) is 2.58. The van der Waals surface area contributed by atoms with Gasteiger partial charge in [-0.2, -0.15) is 4.98 Å². The van der Waals surface area contributed by atoms with Crippen molar-refractivity contribution in [2.24, 2.45) is 0 Å². The number of aliphatic hydroxyl groups excluding tert-OH is 1. The average molecular weight is 248 g/mol. The molecule has 1 aromatic heterocycles. The summed E-state index contributed by atoms with van der Waals surface area (Å²) in [7, 11) is 0. The first-order valence-electron chi connectivity index (χ1n) is 5.08. The van der Waals surface area contributed by atoms with Gasteiger partial charge in [-0.15, -0.1) is 0 Å². The molecule has 0 aliphatic heterocycles. The number of nitrogens with zero attached hydrogens (tertiary/aromatic N) is 2. The number of anilines is 1. The van der Waals surface area contributed by atoms with Crippen LogP contribution in [0.5, 0.6) is 0 Å². The van der Waals surface area contributed by atoms with E-state index in [0.717, 1.165) is 12.6 Å². The van der Waals surface area contributed by atoms with Gasteiger partial charge in [-0.25, -0.2) is 9.37 Å². The quantitative estimate of drug-likeness (QED) is 0.784. The Kier molecular flexibility index (Phi) is 4.44.